The Morgan fingerprint density at radius 3 is 2.34 bits per heavy atom. The topological polar surface area (TPSA) is 83.9 Å². The van der Waals surface area contributed by atoms with Crippen molar-refractivity contribution in [2.75, 3.05) is 54.6 Å². The van der Waals surface area contributed by atoms with Gasteiger partial charge in [-0.15, -0.1) is 0 Å². The number of carbonyl (C=O) groups is 1. The van der Waals surface area contributed by atoms with Gasteiger partial charge >= 0.3 is 5.97 Å². The molecule has 1 aromatic rings. The number of likely N-dealkylation sites (N-methyl/N-ethyl adjacent to an activating group) is 2. The highest BCUT2D eigenvalue weighted by Crippen LogP contribution is 2.32. The second-order valence-electron chi connectivity index (χ2n) is 6.75. The van der Waals surface area contributed by atoms with E-state index < -0.39 is 11.6 Å². The molecule has 0 saturated heterocycles. The van der Waals surface area contributed by atoms with E-state index in [1.807, 2.05) is 11.9 Å². The zero-order chi connectivity index (χ0) is 21.9. The molecule has 1 saturated carbocycles. The van der Waals surface area contributed by atoms with Crippen molar-refractivity contribution in [3.05, 3.63) is 29.3 Å². The molecule has 29 heavy (non-hydrogen) atoms. The molecule has 1 aromatic carbocycles. The maximum atomic E-state index is 13.5. The van der Waals surface area contributed by atoms with Crippen molar-refractivity contribution in [2.24, 2.45) is 0 Å². The average Bonchev–Trinajstić information content (AvgIpc) is 2.69. The molecule has 9 heteroatoms. The number of nitrogens with zero attached hydrogens (tertiary/aromatic N) is 1. The van der Waals surface area contributed by atoms with E-state index in [9.17, 15) is 13.6 Å². The van der Waals surface area contributed by atoms with Gasteiger partial charge in [-0.3, -0.25) is 4.79 Å². The van der Waals surface area contributed by atoms with Gasteiger partial charge in [0.1, 0.15) is 12.1 Å². The molecule has 0 aliphatic heterocycles. The van der Waals surface area contributed by atoms with Gasteiger partial charge in [0.05, 0.1) is 13.7 Å². The van der Waals surface area contributed by atoms with Gasteiger partial charge in [0.25, 0.3) is 0 Å². The minimum atomic E-state index is -1.06. The van der Waals surface area contributed by atoms with Crippen LogP contribution in [0.2, 0.25) is 0 Å². The number of nitrogens with one attached hydrogen (secondary N) is 2. The Bertz CT molecular complexity index is 664. The first-order chi connectivity index (χ1) is 13.8. The molecule has 2 N–H and O–H groups in total. The Balaban J connectivity index is 0.000000352. The summed E-state index contributed by atoms with van der Waals surface area (Å²) in [6.07, 6.45) is 3.71. The summed E-state index contributed by atoms with van der Waals surface area (Å²) >= 11 is 0. The van der Waals surface area contributed by atoms with Crippen LogP contribution in [0.15, 0.2) is 12.1 Å². The zero-order valence-electron chi connectivity index (χ0n) is 17.5. The summed E-state index contributed by atoms with van der Waals surface area (Å²) in [5.74, 6) is -2.37. The van der Waals surface area contributed by atoms with E-state index in [0.29, 0.717) is 13.2 Å². The Labute approximate surface area is 170 Å². The van der Waals surface area contributed by atoms with Crippen LogP contribution < -0.4 is 10.1 Å². The number of ether oxygens (including phenoxy) is 3. The van der Waals surface area contributed by atoms with E-state index in [1.54, 1.807) is 14.2 Å². The Kier molecular flexibility index (Phi) is 10.7. The summed E-state index contributed by atoms with van der Waals surface area (Å²) in [6, 6.07) is 2.64. The third-order valence-electron chi connectivity index (χ3n) is 4.90. The molecule has 0 bridgehead atoms. The molecular weight excluding hydrogens is 384 g/mol. The number of rotatable bonds is 10. The highest BCUT2D eigenvalue weighted by Gasteiger charge is 2.43. The lowest BCUT2D eigenvalue weighted by molar-refractivity contribution is -0.152. The van der Waals surface area contributed by atoms with E-state index >= 15 is 0 Å². The molecule has 1 fully saturated rings. The van der Waals surface area contributed by atoms with Crippen molar-refractivity contribution in [1.82, 2.24) is 10.2 Å². The first kappa shape index (κ1) is 24.9. The standard InChI is InChI=1S/C13H18F2N2O2.C7H13NO2/c1-17(5-7-18-2)6-8-19-11-4-3-10(9-16)12(14)13(11)15;1-8-7(4-3-5-7)6(9)10-2/h3-4,9,16H,5-8H2,1-2H3;8H,3-5H2,1-2H3. The van der Waals surface area contributed by atoms with Crippen LogP contribution in [-0.2, 0) is 14.3 Å². The Morgan fingerprint density at radius 1 is 1.24 bits per heavy atom. The first-order valence-electron chi connectivity index (χ1n) is 9.41. The van der Waals surface area contributed by atoms with Crippen LogP contribution in [0.5, 0.6) is 5.75 Å². The molecule has 0 heterocycles. The molecule has 2 rings (SSSR count). The fraction of sp³-hybridized carbons (Fsp3) is 0.600. The van der Waals surface area contributed by atoms with Gasteiger partial charge in [0.15, 0.2) is 11.6 Å². The smallest absolute Gasteiger partial charge is 0.326 e. The first-order valence-corrected chi connectivity index (χ1v) is 9.41. The van der Waals surface area contributed by atoms with E-state index in [2.05, 4.69) is 10.1 Å². The van der Waals surface area contributed by atoms with E-state index in [-0.39, 0.29) is 29.4 Å². The average molecular weight is 415 g/mol. The molecular formula is C20H31F2N3O4. The number of methoxy groups -OCH3 is 2. The highest BCUT2D eigenvalue weighted by atomic mass is 19.2. The van der Waals surface area contributed by atoms with Crippen LogP contribution in [0.4, 0.5) is 8.78 Å². The maximum Gasteiger partial charge on any atom is 0.326 e. The lowest BCUT2D eigenvalue weighted by Crippen LogP contribution is -2.56. The number of benzene rings is 1. The van der Waals surface area contributed by atoms with Crippen LogP contribution in [0.25, 0.3) is 0 Å². The van der Waals surface area contributed by atoms with E-state index in [1.165, 1.54) is 19.2 Å². The van der Waals surface area contributed by atoms with Gasteiger partial charge in [-0.25, -0.2) is 4.39 Å². The van der Waals surface area contributed by atoms with E-state index in [0.717, 1.165) is 32.0 Å². The molecule has 164 valence electrons. The fourth-order valence-electron chi connectivity index (χ4n) is 2.72. The minimum Gasteiger partial charge on any atom is -0.489 e. The normalized spacial score (nSPS) is 14.4. The molecule has 0 unspecified atom stereocenters. The number of halogens is 2. The Morgan fingerprint density at radius 2 is 1.90 bits per heavy atom. The molecule has 1 aliphatic rings. The SMILES string of the molecule is CNC1(C(=O)OC)CCC1.COCCN(C)CCOc1ccc(C=N)c(F)c1F. The predicted octanol–water partition coefficient (Wildman–Crippen LogP) is 2.22. The monoisotopic (exact) mass is 415 g/mol. The summed E-state index contributed by atoms with van der Waals surface area (Å²) in [5.41, 5.74) is -0.434. The largest absolute Gasteiger partial charge is 0.489 e. The summed E-state index contributed by atoms with van der Waals surface area (Å²) in [6.45, 7) is 2.17. The molecule has 0 radical (unpaired) electrons. The summed E-state index contributed by atoms with van der Waals surface area (Å²) in [5, 5.41) is 9.91. The van der Waals surface area contributed by atoms with Gasteiger partial charge in [-0.1, -0.05) is 0 Å². The second kappa shape index (κ2) is 12.5. The van der Waals surface area contributed by atoms with Gasteiger partial charge in [-0.2, -0.15) is 4.39 Å². The van der Waals surface area contributed by atoms with Gasteiger partial charge in [0.2, 0.25) is 5.82 Å². The molecule has 0 spiro atoms. The van der Waals surface area contributed by atoms with Crippen LogP contribution in [0.3, 0.4) is 0 Å². The van der Waals surface area contributed by atoms with Gasteiger partial charge in [-0.05, 0) is 45.5 Å². The lowest BCUT2D eigenvalue weighted by Gasteiger charge is -2.38. The van der Waals surface area contributed by atoms with Crippen LogP contribution in [0.1, 0.15) is 24.8 Å². The number of hydrogen-bond donors (Lipinski definition) is 2. The predicted molar refractivity (Wildman–Crippen MR) is 107 cm³/mol. The highest BCUT2D eigenvalue weighted by molar-refractivity contribution is 5.81. The molecule has 0 amide bonds. The van der Waals surface area contributed by atoms with Crippen LogP contribution >= 0.6 is 0 Å². The van der Waals surface area contributed by atoms with Crippen molar-refractivity contribution >= 4 is 12.2 Å². The van der Waals surface area contributed by atoms with E-state index in [4.69, 9.17) is 14.9 Å². The second-order valence-corrected chi connectivity index (χ2v) is 6.75. The zero-order valence-corrected chi connectivity index (χ0v) is 17.5. The number of hydrogen-bond acceptors (Lipinski definition) is 7. The maximum absolute atomic E-state index is 13.5. The molecule has 0 atom stereocenters. The van der Waals surface area contributed by atoms with Crippen molar-refractivity contribution in [3.63, 3.8) is 0 Å². The summed E-state index contributed by atoms with van der Waals surface area (Å²) in [4.78, 5) is 13.0. The summed E-state index contributed by atoms with van der Waals surface area (Å²) in [7, 11) is 6.74. The number of esters is 1. The third-order valence-corrected chi connectivity index (χ3v) is 4.90. The van der Waals surface area contributed by atoms with Crippen molar-refractivity contribution in [2.45, 2.75) is 24.8 Å². The van der Waals surface area contributed by atoms with Crippen molar-refractivity contribution in [3.8, 4) is 5.75 Å². The third kappa shape index (κ3) is 7.02. The fourth-order valence-corrected chi connectivity index (χ4v) is 2.72. The molecule has 0 aromatic heterocycles. The minimum absolute atomic E-state index is 0.0953. The Hall–Kier alpha value is -2.10. The van der Waals surface area contributed by atoms with Crippen molar-refractivity contribution < 1.29 is 27.8 Å². The summed E-state index contributed by atoms with van der Waals surface area (Å²) < 4.78 is 41.7. The van der Waals surface area contributed by atoms with Crippen molar-refractivity contribution in [1.29, 1.82) is 5.41 Å². The van der Waals surface area contributed by atoms with Gasteiger partial charge < -0.3 is 29.8 Å². The molecule has 7 nitrogen and oxygen atoms in total. The lowest BCUT2D eigenvalue weighted by atomic mass is 9.77. The molecule has 1 aliphatic carbocycles. The van der Waals surface area contributed by atoms with Crippen LogP contribution in [0, 0.1) is 17.0 Å². The number of carbonyl (C=O) groups excluding carboxylic acids is 1. The quantitative estimate of drug-likeness (QED) is 0.450. The van der Waals surface area contributed by atoms with Crippen LogP contribution in [-0.4, -0.2) is 77.2 Å². The van der Waals surface area contributed by atoms with Gasteiger partial charge in [0, 0.05) is 32.0 Å².